The molecule has 4 saturated carbocycles. The third-order valence-electron chi connectivity index (χ3n) is 14.7. The van der Waals surface area contributed by atoms with Crippen molar-refractivity contribution < 1.29 is 72.2 Å². The SMILES string of the molecule is CCCC(=O)OCC(=O)C1CCC2C3CCC4=CC(=O)C=CC4(C)C3C(O)CC12C.COc1c(N2CCNC(C)C2)c(F)cc2c(=O)c(C(=O)OCOC=O)cn(C3CC3)c12.O=C(O)/C=C/C(=O)O. The number of carbonyl (C=O) groups excluding carboxylic acids is 5. The Bertz CT molecular complexity index is 2480. The van der Waals surface area contributed by atoms with E-state index in [2.05, 4.69) is 23.9 Å². The van der Waals surface area contributed by atoms with Crippen molar-refractivity contribution in [2.75, 3.05) is 45.0 Å². The van der Waals surface area contributed by atoms with E-state index in [9.17, 15) is 43.5 Å². The molecule has 6 aliphatic rings. The Morgan fingerprint density at radius 2 is 1.72 bits per heavy atom. The fourth-order valence-electron chi connectivity index (χ4n) is 11.6. The largest absolute Gasteiger partial charge is 0.492 e. The number of methoxy groups -OCH3 is 1. The number of ketones is 2. The van der Waals surface area contributed by atoms with Gasteiger partial charge in [0.15, 0.2) is 23.1 Å². The standard InChI is InChI=1S/C25H34O5.C21H24FN3O6.C4H4O4/c1-4-5-22(29)30-14-21(28)19-9-8-18-17-7-6-15-12-16(26)10-11-24(15,2)23(17)20(27)13-25(18,19)3;1-12-8-24(6-5-23-12)18-16(22)7-14-17(20(18)29-2)25(13-3-4-13)9-15(19(14)27)21(28)31-11-30-10-26;5-3(6)1-2-4(7)8/h10-12,17-20,23,27H,4-9,13-14H2,1-3H3;7,9-10,12-13,23H,3-6,8,11H2,1-2H3;1-2H,(H,5,6)(H,7,8)/b;;2-1+. The smallest absolute Gasteiger partial charge is 0.346 e. The number of piperazine rings is 1. The predicted molar refractivity (Wildman–Crippen MR) is 247 cm³/mol. The second-order valence-electron chi connectivity index (χ2n) is 19.1. The number of aromatic nitrogens is 1. The molecule has 8 atom stereocenters. The lowest BCUT2D eigenvalue weighted by Crippen LogP contribution is -2.56. The van der Waals surface area contributed by atoms with Crippen LogP contribution >= 0.6 is 0 Å². The lowest BCUT2D eigenvalue weighted by Gasteiger charge is -2.58. The molecule has 1 aliphatic heterocycles. The molecule has 0 bridgehead atoms. The van der Waals surface area contributed by atoms with Crippen LogP contribution in [0, 0.1) is 40.3 Å². The van der Waals surface area contributed by atoms with E-state index in [1.165, 1.54) is 19.4 Å². The van der Waals surface area contributed by atoms with Gasteiger partial charge in [0.25, 0.3) is 6.47 Å². The Morgan fingerprint density at radius 3 is 2.35 bits per heavy atom. The zero-order valence-electron chi connectivity index (χ0n) is 39.6. The van der Waals surface area contributed by atoms with E-state index < -0.39 is 42.1 Å². The number of hydrogen-bond donors (Lipinski definition) is 4. The minimum Gasteiger partial charge on any atom is -0.492 e. The van der Waals surface area contributed by atoms with Crippen molar-refractivity contribution in [2.24, 2.45) is 34.5 Å². The summed E-state index contributed by atoms with van der Waals surface area (Å²) in [4.78, 5) is 93.4. The van der Waals surface area contributed by atoms with Gasteiger partial charge < -0.3 is 49.1 Å². The summed E-state index contributed by atoms with van der Waals surface area (Å²) in [5, 5.41) is 30.3. The van der Waals surface area contributed by atoms with Gasteiger partial charge in [-0.25, -0.2) is 18.8 Å². The number of nitrogens with one attached hydrogen (secondary N) is 1. The molecule has 5 fully saturated rings. The number of carboxylic acid groups (broad SMARTS) is 2. The number of Topliss-reactive ketones (excluding diaryl/α,β-unsaturated/α-hetero) is 1. The number of ether oxygens (including phenoxy) is 4. The van der Waals surface area contributed by atoms with Crippen LogP contribution in [0.5, 0.6) is 5.75 Å². The van der Waals surface area contributed by atoms with Crippen LogP contribution in [0.25, 0.3) is 10.9 Å². The molecule has 0 radical (unpaired) electrons. The number of pyridine rings is 1. The number of hydrogen-bond acceptors (Lipinski definition) is 15. The maximum atomic E-state index is 15.3. The molecule has 4 N–H and O–H groups in total. The van der Waals surface area contributed by atoms with E-state index in [1.807, 2.05) is 24.8 Å². The number of halogens is 1. The maximum Gasteiger partial charge on any atom is 0.346 e. The molecule has 0 spiro atoms. The minimum absolute atomic E-state index is 0.000804. The van der Waals surface area contributed by atoms with E-state index in [0.717, 1.165) is 44.1 Å². The van der Waals surface area contributed by atoms with Crippen molar-refractivity contribution >= 4 is 58.5 Å². The van der Waals surface area contributed by atoms with E-state index >= 15 is 4.39 Å². The number of benzene rings is 1. The first-order chi connectivity index (χ1) is 32.8. The number of carbonyl (C=O) groups is 7. The number of nitrogens with zero attached hydrogens (tertiary/aromatic N) is 2. The monoisotopic (exact) mass is 963 g/mol. The molecule has 1 aromatic heterocycles. The summed E-state index contributed by atoms with van der Waals surface area (Å²) < 4.78 is 37.2. The lowest BCUT2D eigenvalue weighted by molar-refractivity contribution is -0.153. The molecule has 0 amide bonds. The third kappa shape index (κ3) is 11.3. The quantitative estimate of drug-likeness (QED) is 0.0633. The number of allylic oxidation sites excluding steroid dienone is 4. The molecular formula is C50H62FN3O15. The van der Waals surface area contributed by atoms with Gasteiger partial charge in [-0.3, -0.25) is 24.0 Å². The van der Waals surface area contributed by atoms with Gasteiger partial charge >= 0.3 is 23.9 Å². The van der Waals surface area contributed by atoms with Crippen LogP contribution in [-0.2, 0) is 43.0 Å². The fraction of sp³-hybridized carbons (Fsp3) is 0.560. The highest BCUT2D eigenvalue weighted by atomic mass is 19.1. The highest BCUT2D eigenvalue weighted by molar-refractivity contribution is 6.01. The molecular weight excluding hydrogens is 902 g/mol. The fourth-order valence-corrected chi connectivity index (χ4v) is 11.6. The number of fused-ring (bicyclic) bond motifs is 6. The number of aliphatic carboxylic acids is 2. The van der Waals surface area contributed by atoms with Crippen molar-refractivity contribution in [3.8, 4) is 5.75 Å². The number of aliphatic hydroxyl groups is 1. The summed E-state index contributed by atoms with van der Waals surface area (Å²) in [5.41, 5.74) is 0.451. The normalized spacial score (nSPS) is 27.8. The molecule has 5 aliphatic carbocycles. The number of esters is 2. The molecule has 8 rings (SSSR count). The summed E-state index contributed by atoms with van der Waals surface area (Å²) in [6, 6.07) is 1.40. The van der Waals surface area contributed by atoms with Crippen molar-refractivity contribution in [3.63, 3.8) is 0 Å². The number of aliphatic hydroxyl groups excluding tert-OH is 1. The van der Waals surface area contributed by atoms with Gasteiger partial charge in [-0.15, -0.1) is 0 Å². The molecule has 2 heterocycles. The van der Waals surface area contributed by atoms with Crippen molar-refractivity contribution in [1.82, 2.24) is 9.88 Å². The van der Waals surface area contributed by atoms with Crippen molar-refractivity contribution in [2.45, 2.75) is 104 Å². The minimum atomic E-state index is -1.26. The van der Waals surface area contributed by atoms with Gasteiger partial charge in [0.1, 0.15) is 17.9 Å². The first-order valence-electron chi connectivity index (χ1n) is 23.4. The maximum absolute atomic E-state index is 15.3. The zero-order chi connectivity index (χ0) is 50.4. The van der Waals surface area contributed by atoms with Crippen molar-refractivity contribution in [3.05, 3.63) is 69.8 Å². The summed E-state index contributed by atoms with van der Waals surface area (Å²) in [6.45, 7) is 9.51. The van der Waals surface area contributed by atoms with Crippen LogP contribution in [0.2, 0.25) is 0 Å². The van der Waals surface area contributed by atoms with E-state index in [0.29, 0.717) is 74.1 Å². The van der Waals surface area contributed by atoms with Crippen LogP contribution in [0.15, 0.2) is 53.0 Å². The highest BCUT2D eigenvalue weighted by Crippen LogP contribution is 2.66. The summed E-state index contributed by atoms with van der Waals surface area (Å²) >= 11 is 0. The van der Waals surface area contributed by atoms with Gasteiger partial charge in [-0.1, -0.05) is 32.4 Å². The number of rotatable bonds is 14. The van der Waals surface area contributed by atoms with Crippen molar-refractivity contribution in [1.29, 1.82) is 0 Å². The average Bonchev–Trinajstić information content (AvgIpc) is 4.09. The molecule has 1 saturated heterocycles. The van der Waals surface area contributed by atoms with E-state index in [-0.39, 0.29) is 82.1 Å². The second-order valence-corrected chi connectivity index (χ2v) is 19.1. The van der Waals surface area contributed by atoms with Crippen LogP contribution in [0.1, 0.15) is 102 Å². The van der Waals surface area contributed by atoms with E-state index in [1.54, 1.807) is 16.7 Å². The zero-order valence-corrected chi connectivity index (χ0v) is 39.6. The van der Waals surface area contributed by atoms with Gasteiger partial charge in [-0.2, -0.15) is 0 Å². The second kappa shape index (κ2) is 22.0. The molecule has 1 aromatic carbocycles. The Balaban J connectivity index is 0.000000196. The summed E-state index contributed by atoms with van der Waals surface area (Å²) in [6.07, 6.45) is 14.4. The van der Waals surface area contributed by atoms with Crippen LogP contribution < -0.4 is 20.4 Å². The molecule has 2 aromatic rings. The summed E-state index contributed by atoms with van der Waals surface area (Å²) in [7, 11) is 1.45. The average molecular weight is 964 g/mol. The predicted octanol–water partition coefficient (Wildman–Crippen LogP) is 5.08. The van der Waals surface area contributed by atoms with Gasteiger partial charge in [-0.05, 0) is 93.8 Å². The highest BCUT2D eigenvalue weighted by Gasteiger charge is 2.62. The van der Waals surface area contributed by atoms with Gasteiger partial charge in [0.05, 0.1) is 24.1 Å². The van der Waals surface area contributed by atoms with Gasteiger partial charge in [0, 0.05) is 73.7 Å². The third-order valence-corrected chi connectivity index (χ3v) is 14.7. The Morgan fingerprint density at radius 1 is 1.01 bits per heavy atom. The van der Waals surface area contributed by atoms with Crippen LogP contribution in [-0.4, -0.2) is 114 Å². The Labute approximate surface area is 398 Å². The number of carboxylic acids is 2. The molecule has 18 nitrogen and oxygen atoms in total. The molecule has 8 unspecified atom stereocenters. The molecule has 69 heavy (non-hydrogen) atoms. The number of anilines is 1. The summed E-state index contributed by atoms with van der Waals surface area (Å²) in [5.74, 6) is -3.42. The Kier molecular flexibility index (Phi) is 16.7. The van der Waals surface area contributed by atoms with E-state index in [4.69, 9.17) is 24.4 Å². The van der Waals surface area contributed by atoms with Gasteiger partial charge in [0.2, 0.25) is 12.2 Å². The van der Waals surface area contributed by atoms with Crippen LogP contribution in [0.3, 0.4) is 0 Å². The van der Waals surface area contributed by atoms with Crippen LogP contribution in [0.4, 0.5) is 10.1 Å². The Hall–Kier alpha value is -6.21. The molecule has 374 valence electrons. The first-order valence-corrected chi connectivity index (χ1v) is 23.4. The molecule has 19 heteroatoms. The first kappa shape index (κ1) is 52.2. The lowest BCUT2D eigenvalue weighted by atomic mass is 9.46. The topological polar surface area (TPSA) is 254 Å².